The van der Waals surface area contributed by atoms with Crippen molar-refractivity contribution in [3.63, 3.8) is 0 Å². The smallest absolute Gasteiger partial charge is 0.268 e. The topological polar surface area (TPSA) is 61.5 Å². The number of piperazine rings is 1. The number of rotatable bonds is 5. The van der Waals surface area contributed by atoms with Gasteiger partial charge in [0.05, 0.1) is 19.2 Å². The van der Waals surface area contributed by atoms with E-state index in [4.69, 9.17) is 9.72 Å². The second-order valence-electron chi connectivity index (χ2n) is 6.78. The van der Waals surface area contributed by atoms with Gasteiger partial charge in [-0.3, -0.25) is 9.69 Å². The first-order chi connectivity index (χ1) is 13.2. The Morgan fingerprint density at radius 2 is 1.85 bits per heavy atom. The van der Waals surface area contributed by atoms with Crippen molar-refractivity contribution in [3.8, 4) is 16.2 Å². The molecular formula is C20H24N4O2S. The van der Waals surface area contributed by atoms with Crippen LogP contribution in [0.5, 0.6) is 5.75 Å². The number of nitrogens with zero attached hydrogens (tertiary/aromatic N) is 3. The lowest BCUT2D eigenvalue weighted by Gasteiger charge is -2.33. The summed E-state index contributed by atoms with van der Waals surface area (Å²) in [6.07, 6.45) is 0. The van der Waals surface area contributed by atoms with Gasteiger partial charge in [-0.1, -0.05) is 6.92 Å². The van der Waals surface area contributed by atoms with Crippen LogP contribution in [-0.2, 0) is 6.54 Å². The number of ether oxygens (including phenoxy) is 1. The molecule has 3 heterocycles. The van der Waals surface area contributed by atoms with Gasteiger partial charge in [0.1, 0.15) is 16.3 Å². The molecule has 7 heteroatoms. The minimum Gasteiger partial charge on any atom is -0.497 e. The number of H-pyrrole nitrogens is 1. The summed E-state index contributed by atoms with van der Waals surface area (Å²) >= 11 is 1.48. The second-order valence-corrected chi connectivity index (χ2v) is 7.83. The molecule has 3 aromatic rings. The van der Waals surface area contributed by atoms with Crippen molar-refractivity contribution in [2.45, 2.75) is 13.5 Å². The standard InChI is InChI=1S/C20H24N4O2S/c1-3-23-8-10-24(11-9-23)13-18-21-16-12-17(27-19(16)20(25)22-18)14-4-6-15(26-2)7-5-14/h4-7,12H,3,8-11,13H2,1-2H3,(H,21,22,25). The quantitative estimate of drug-likeness (QED) is 0.733. The van der Waals surface area contributed by atoms with Crippen LogP contribution in [0.25, 0.3) is 20.7 Å². The Balaban J connectivity index is 1.57. The van der Waals surface area contributed by atoms with Gasteiger partial charge >= 0.3 is 0 Å². The second kappa shape index (κ2) is 7.80. The summed E-state index contributed by atoms with van der Waals surface area (Å²) in [6, 6.07) is 9.88. The maximum Gasteiger partial charge on any atom is 0.268 e. The van der Waals surface area contributed by atoms with Crippen molar-refractivity contribution in [3.05, 3.63) is 46.5 Å². The van der Waals surface area contributed by atoms with Crippen LogP contribution in [0.2, 0.25) is 0 Å². The number of hydrogen-bond donors (Lipinski definition) is 1. The number of benzene rings is 1. The normalized spacial score (nSPS) is 16.1. The van der Waals surface area contributed by atoms with Gasteiger partial charge in [-0.15, -0.1) is 11.3 Å². The molecule has 6 nitrogen and oxygen atoms in total. The molecule has 0 unspecified atom stereocenters. The summed E-state index contributed by atoms with van der Waals surface area (Å²) in [5.41, 5.74) is 1.79. The molecule has 142 valence electrons. The van der Waals surface area contributed by atoms with Gasteiger partial charge in [-0.05, 0) is 42.4 Å². The van der Waals surface area contributed by atoms with Gasteiger partial charge in [0.25, 0.3) is 5.56 Å². The highest BCUT2D eigenvalue weighted by molar-refractivity contribution is 7.22. The Morgan fingerprint density at radius 1 is 1.15 bits per heavy atom. The maximum atomic E-state index is 12.6. The van der Waals surface area contributed by atoms with E-state index in [9.17, 15) is 4.79 Å². The van der Waals surface area contributed by atoms with Crippen molar-refractivity contribution in [1.82, 2.24) is 19.8 Å². The van der Waals surface area contributed by atoms with Crippen LogP contribution in [0.1, 0.15) is 12.7 Å². The molecule has 1 fully saturated rings. The molecule has 0 amide bonds. The Labute approximate surface area is 162 Å². The summed E-state index contributed by atoms with van der Waals surface area (Å²) in [7, 11) is 1.65. The largest absolute Gasteiger partial charge is 0.497 e. The predicted molar refractivity (Wildman–Crippen MR) is 110 cm³/mol. The van der Waals surface area contributed by atoms with E-state index in [1.54, 1.807) is 7.11 Å². The molecule has 1 aromatic carbocycles. The van der Waals surface area contributed by atoms with Crippen molar-refractivity contribution in [2.24, 2.45) is 0 Å². The molecule has 4 rings (SSSR count). The van der Waals surface area contributed by atoms with Crippen LogP contribution in [0.3, 0.4) is 0 Å². The fraction of sp³-hybridized carbons (Fsp3) is 0.400. The van der Waals surface area contributed by atoms with E-state index in [-0.39, 0.29) is 5.56 Å². The van der Waals surface area contributed by atoms with Crippen molar-refractivity contribution in [2.75, 3.05) is 39.8 Å². The van der Waals surface area contributed by atoms with Crippen LogP contribution >= 0.6 is 11.3 Å². The number of nitrogens with one attached hydrogen (secondary N) is 1. The van der Waals surface area contributed by atoms with Gasteiger partial charge in [-0.25, -0.2) is 4.98 Å². The molecule has 0 radical (unpaired) electrons. The average molecular weight is 385 g/mol. The molecule has 1 aliphatic heterocycles. The third-order valence-electron chi connectivity index (χ3n) is 5.09. The molecular weight excluding hydrogens is 360 g/mol. The Bertz CT molecular complexity index is 972. The zero-order valence-electron chi connectivity index (χ0n) is 15.7. The Kier molecular flexibility index (Phi) is 5.24. The van der Waals surface area contributed by atoms with E-state index in [1.807, 2.05) is 30.3 Å². The lowest BCUT2D eigenvalue weighted by molar-refractivity contribution is 0.129. The summed E-state index contributed by atoms with van der Waals surface area (Å²) in [5.74, 6) is 1.57. The molecule has 1 saturated heterocycles. The van der Waals surface area contributed by atoms with Crippen LogP contribution in [0.4, 0.5) is 0 Å². The molecule has 0 spiro atoms. The third kappa shape index (κ3) is 3.90. The summed E-state index contributed by atoms with van der Waals surface area (Å²) < 4.78 is 5.89. The van der Waals surface area contributed by atoms with E-state index in [1.165, 1.54) is 11.3 Å². The van der Waals surface area contributed by atoms with E-state index in [0.29, 0.717) is 11.2 Å². The number of hydrogen-bond acceptors (Lipinski definition) is 6. The number of methoxy groups -OCH3 is 1. The van der Waals surface area contributed by atoms with E-state index < -0.39 is 0 Å². The molecule has 27 heavy (non-hydrogen) atoms. The molecule has 0 bridgehead atoms. The molecule has 1 N–H and O–H groups in total. The number of likely N-dealkylation sites (N-methyl/N-ethyl adjacent to an activating group) is 1. The predicted octanol–water partition coefficient (Wildman–Crippen LogP) is 2.80. The fourth-order valence-electron chi connectivity index (χ4n) is 3.44. The number of aromatic nitrogens is 2. The first-order valence-corrected chi connectivity index (χ1v) is 10.1. The van der Waals surface area contributed by atoms with Gasteiger partial charge in [0.15, 0.2) is 0 Å². The maximum absolute atomic E-state index is 12.6. The SMILES string of the molecule is CCN1CCN(Cc2nc3cc(-c4ccc(OC)cc4)sc3c(=O)[nH]2)CC1. The molecule has 2 aromatic heterocycles. The number of thiophene rings is 1. The molecule has 0 aliphatic carbocycles. The van der Waals surface area contributed by atoms with Crippen LogP contribution in [0.15, 0.2) is 35.1 Å². The minimum atomic E-state index is -0.0491. The summed E-state index contributed by atoms with van der Waals surface area (Å²) in [5, 5.41) is 0. The lowest BCUT2D eigenvalue weighted by Crippen LogP contribution is -2.45. The van der Waals surface area contributed by atoms with Crippen LogP contribution in [0, 0.1) is 0 Å². The summed E-state index contributed by atoms with van der Waals surface area (Å²) in [4.78, 5) is 26.1. The van der Waals surface area contributed by atoms with Crippen molar-refractivity contribution < 1.29 is 4.74 Å². The zero-order valence-corrected chi connectivity index (χ0v) is 16.5. The van der Waals surface area contributed by atoms with Gasteiger partial charge in [0, 0.05) is 31.1 Å². The van der Waals surface area contributed by atoms with Gasteiger partial charge < -0.3 is 14.6 Å². The summed E-state index contributed by atoms with van der Waals surface area (Å²) in [6.45, 7) is 8.15. The Hall–Kier alpha value is -2.22. The third-order valence-corrected chi connectivity index (χ3v) is 6.26. The van der Waals surface area contributed by atoms with Crippen LogP contribution in [-0.4, -0.2) is 59.6 Å². The van der Waals surface area contributed by atoms with E-state index >= 15 is 0 Å². The monoisotopic (exact) mass is 384 g/mol. The van der Waals surface area contributed by atoms with Crippen molar-refractivity contribution in [1.29, 1.82) is 0 Å². The van der Waals surface area contributed by atoms with Crippen molar-refractivity contribution >= 4 is 21.6 Å². The first kappa shape index (κ1) is 18.2. The number of fused-ring (bicyclic) bond motifs is 1. The number of aromatic amines is 1. The Morgan fingerprint density at radius 3 is 2.52 bits per heavy atom. The lowest BCUT2D eigenvalue weighted by atomic mass is 10.2. The van der Waals surface area contributed by atoms with E-state index in [2.05, 4.69) is 21.7 Å². The molecule has 0 saturated carbocycles. The molecule has 0 atom stereocenters. The van der Waals surface area contributed by atoms with Crippen LogP contribution < -0.4 is 10.3 Å². The highest BCUT2D eigenvalue weighted by Gasteiger charge is 2.17. The molecule has 1 aliphatic rings. The average Bonchev–Trinajstić information content (AvgIpc) is 3.13. The minimum absolute atomic E-state index is 0.0491. The zero-order chi connectivity index (χ0) is 18.8. The highest BCUT2D eigenvalue weighted by atomic mass is 32.1. The first-order valence-electron chi connectivity index (χ1n) is 9.28. The fourth-order valence-corrected chi connectivity index (χ4v) is 4.43. The van der Waals surface area contributed by atoms with E-state index in [0.717, 1.165) is 60.3 Å². The highest BCUT2D eigenvalue weighted by Crippen LogP contribution is 2.31. The van der Waals surface area contributed by atoms with Gasteiger partial charge in [0.2, 0.25) is 0 Å². The van der Waals surface area contributed by atoms with Gasteiger partial charge in [-0.2, -0.15) is 0 Å².